The van der Waals surface area contributed by atoms with E-state index in [4.69, 9.17) is 0 Å². The third-order valence-electron chi connectivity index (χ3n) is 3.40. The van der Waals surface area contributed by atoms with Crippen LogP contribution in [0.4, 0.5) is 18.9 Å². The van der Waals surface area contributed by atoms with Gasteiger partial charge in [0.05, 0.1) is 15.7 Å². The van der Waals surface area contributed by atoms with Gasteiger partial charge in [0.15, 0.2) is 0 Å². The van der Waals surface area contributed by atoms with Gasteiger partial charge in [-0.25, -0.2) is 8.93 Å². The van der Waals surface area contributed by atoms with Crippen LogP contribution in [0.15, 0.2) is 18.2 Å². The fraction of sp³-hybridized carbons (Fsp3) is 0.500. The molecule has 2 rings (SSSR count). The molecule has 0 saturated carbocycles. The number of benzene rings is 1. The molecule has 1 aliphatic heterocycles. The van der Waals surface area contributed by atoms with Crippen molar-refractivity contribution in [2.24, 2.45) is 0 Å². The molecule has 0 aliphatic carbocycles. The highest BCUT2D eigenvalue weighted by Gasteiger charge is 2.66. The van der Waals surface area contributed by atoms with Crippen LogP contribution in [0.1, 0.15) is 31.9 Å². The number of anilines is 1. The summed E-state index contributed by atoms with van der Waals surface area (Å²) in [4.78, 5) is 12.1. The molecular formula is C14H17F3N2O2S. The first-order valence-electron chi connectivity index (χ1n) is 6.58. The Balaban J connectivity index is 2.65. The first-order chi connectivity index (χ1) is 9.89. The molecule has 0 fully saturated rings. The summed E-state index contributed by atoms with van der Waals surface area (Å²) in [5.41, 5.74) is -2.60. The van der Waals surface area contributed by atoms with Crippen molar-refractivity contribution in [2.75, 3.05) is 5.32 Å². The molecule has 122 valence electrons. The molecule has 8 heteroatoms. The summed E-state index contributed by atoms with van der Waals surface area (Å²) in [6.45, 7) is 6.23. The van der Waals surface area contributed by atoms with Gasteiger partial charge in [-0.3, -0.25) is 4.79 Å². The van der Waals surface area contributed by atoms with Crippen molar-refractivity contribution in [2.45, 2.75) is 44.2 Å². The van der Waals surface area contributed by atoms with Gasteiger partial charge in [0.25, 0.3) is 5.91 Å². The van der Waals surface area contributed by atoms with Gasteiger partial charge in [-0.15, -0.1) is 0 Å². The van der Waals surface area contributed by atoms with Gasteiger partial charge in [0.1, 0.15) is 0 Å². The zero-order chi connectivity index (χ0) is 16.9. The fourth-order valence-corrected chi connectivity index (χ4v) is 3.05. The second-order valence-corrected chi connectivity index (χ2v) is 8.20. The number of halogens is 3. The van der Waals surface area contributed by atoms with Crippen molar-refractivity contribution in [1.82, 2.24) is 4.72 Å². The van der Waals surface area contributed by atoms with E-state index in [0.29, 0.717) is 5.56 Å². The van der Waals surface area contributed by atoms with Crippen molar-refractivity contribution in [3.05, 3.63) is 29.3 Å². The van der Waals surface area contributed by atoms with E-state index >= 15 is 0 Å². The van der Waals surface area contributed by atoms with E-state index in [0.717, 1.165) is 0 Å². The van der Waals surface area contributed by atoms with Gasteiger partial charge in [0, 0.05) is 11.3 Å². The van der Waals surface area contributed by atoms with Crippen LogP contribution in [0, 0.1) is 6.92 Å². The predicted octanol–water partition coefficient (Wildman–Crippen LogP) is 2.76. The van der Waals surface area contributed by atoms with Gasteiger partial charge in [-0.2, -0.15) is 13.2 Å². The number of alkyl halides is 3. The van der Waals surface area contributed by atoms with Crippen LogP contribution >= 0.6 is 0 Å². The smallest absolute Gasteiger partial charge is 0.323 e. The number of rotatable bonds is 2. The van der Waals surface area contributed by atoms with Gasteiger partial charge in [-0.05, 0) is 33.8 Å². The van der Waals surface area contributed by atoms with Crippen molar-refractivity contribution in [3.63, 3.8) is 0 Å². The molecule has 1 heterocycles. The van der Waals surface area contributed by atoms with Crippen LogP contribution in [0.2, 0.25) is 0 Å². The van der Waals surface area contributed by atoms with E-state index in [-0.39, 0.29) is 11.3 Å². The lowest BCUT2D eigenvalue weighted by Gasteiger charge is -2.33. The predicted molar refractivity (Wildman–Crippen MR) is 78.6 cm³/mol. The number of carbonyl (C=O) groups excluding carboxylic acids is 1. The minimum atomic E-state index is -4.93. The third kappa shape index (κ3) is 2.54. The van der Waals surface area contributed by atoms with Crippen LogP contribution in [-0.2, 0) is 21.3 Å². The lowest BCUT2D eigenvalue weighted by Crippen LogP contribution is -2.60. The molecule has 1 aromatic carbocycles. The molecule has 1 amide bonds. The van der Waals surface area contributed by atoms with E-state index in [1.54, 1.807) is 13.0 Å². The molecule has 22 heavy (non-hydrogen) atoms. The van der Waals surface area contributed by atoms with Crippen molar-refractivity contribution >= 4 is 22.6 Å². The Labute approximate surface area is 129 Å². The fourth-order valence-electron chi connectivity index (χ4n) is 2.15. The summed E-state index contributed by atoms with van der Waals surface area (Å²) in [6, 6.07) is 4.30. The number of carbonyl (C=O) groups is 1. The average Bonchev–Trinajstić information content (AvgIpc) is 2.61. The molecule has 0 bridgehead atoms. The third-order valence-corrected chi connectivity index (χ3v) is 5.00. The summed E-state index contributed by atoms with van der Waals surface area (Å²) in [5.74, 6) is -1.27. The Hall–Kier alpha value is -1.41. The van der Waals surface area contributed by atoms with Crippen LogP contribution in [0.25, 0.3) is 0 Å². The monoisotopic (exact) mass is 334 g/mol. The first kappa shape index (κ1) is 17.0. The summed E-state index contributed by atoms with van der Waals surface area (Å²) in [7, 11) is -2.08. The van der Waals surface area contributed by atoms with Crippen LogP contribution in [0.5, 0.6) is 0 Å². The normalized spacial score (nSPS) is 23.1. The van der Waals surface area contributed by atoms with E-state index in [1.165, 1.54) is 32.9 Å². The van der Waals surface area contributed by atoms with E-state index in [2.05, 4.69) is 5.32 Å². The van der Waals surface area contributed by atoms with E-state index < -0.39 is 33.4 Å². The molecule has 1 aliphatic rings. The number of aryl methyl sites for hydroxylation is 1. The quantitative estimate of drug-likeness (QED) is 0.874. The number of hydrogen-bond acceptors (Lipinski definition) is 2. The number of nitrogens with one attached hydrogen (secondary N) is 2. The summed E-state index contributed by atoms with van der Waals surface area (Å²) in [6.07, 6.45) is -4.93. The largest absolute Gasteiger partial charge is 0.420 e. The number of hydrogen-bond donors (Lipinski definition) is 2. The Morgan fingerprint density at radius 3 is 2.32 bits per heavy atom. The summed E-state index contributed by atoms with van der Waals surface area (Å²) in [5, 5.41) is 2.22. The molecule has 1 aromatic rings. The second kappa shape index (κ2) is 5.06. The molecule has 0 saturated heterocycles. The Morgan fingerprint density at radius 1 is 1.23 bits per heavy atom. The Bertz CT molecular complexity index is 652. The highest BCUT2D eigenvalue weighted by Crippen LogP contribution is 2.47. The van der Waals surface area contributed by atoms with Gasteiger partial charge >= 0.3 is 6.18 Å². The summed E-state index contributed by atoms with van der Waals surface area (Å²) >= 11 is 0. The highest BCUT2D eigenvalue weighted by molar-refractivity contribution is 7.84. The van der Waals surface area contributed by atoms with Crippen molar-refractivity contribution in [1.29, 1.82) is 0 Å². The van der Waals surface area contributed by atoms with Crippen LogP contribution < -0.4 is 10.0 Å². The van der Waals surface area contributed by atoms with E-state index in [9.17, 15) is 22.2 Å². The molecule has 0 spiro atoms. The maximum Gasteiger partial charge on any atom is 0.420 e. The van der Waals surface area contributed by atoms with Crippen LogP contribution in [-0.4, -0.2) is 21.0 Å². The van der Waals surface area contributed by atoms with Crippen LogP contribution in [0.3, 0.4) is 0 Å². The Morgan fingerprint density at radius 2 is 1.82 bits per heavy atom. The zero-order valence-corrected chi connectivity index (χ0v) is 13.4. The average molecular weight is 334 g/mol. The lowest BCUT2D eigenvalue weighted by atomic mass is 9.91. The molecule has 0 aromatic heterocycles. The summed E-state index contributed by atoms with van der Waals surface area (Å²) < 4.78 is 54.6. The van der Waals surface area contributed by atoms with Gasteiger partial charge in [0.2, 0.25) is 5.54 Å². The number of amides is 1. The number of fused-ring (bicyclic) bond motifs is 1. The van der Waals surface area contributed by atoms with Crippen molar-refractivity contribution < 1.29 is 22.2 Å². The standard InChI is InChI=1S/C14H17F3N2O2S/c1-8-5-6-10-9(7-8)13(11(20)18-10,14(15,16)17)19-22(21)12(2,3)4/h5-7,19H,1-4H3,(H,18,20)/t13-,22?/m1/s1. The zero-order valence-electron chi connectivity index (χ0n) is 12.6. The molecular weight excluding hydrogens is 317 g/mol. The molecule has 4 nitrogen and oxygen atoms in total. The maximum absolute atomic E-state index is 13.8. The van der Waals surface area contributed by atoms with Gasteiger partial charge < -0.3 is 5.32 Å². The molecule has 0 radical (unpaired) electrons. The second-order valence-electron chi connectivity index (χ2n) is 6.23. The maximum atomic E-state index is 13.8. The molecule has 1 unspecified atom stereocenters. The minimum absolute atomic E-state index is 0.0753. The lowest BCUT2D eigenvalue weighted by molar-refractivity contribution is -0.193. The first-order valence-corrected chi connectivity index (χ1v) is 7.73. The van der Waals surface area contributed by atoms with Gasteiger partial charge in [-0.1, -0.05) is 17.7 Å². The minimum Gasteiger partial charge on any atom is -0.323 e. The topological polar surface area (TPSA) is 58.2 Å². The molecule has 2 atom stereocenters. The highest BCUT2D eigenvalue weighted by atomic mass is 32.2. The van der Waals surface area contributed by atoms with E-state index in [1.807, 2.05) is 4.72 Å². The Kier molecular flexibility index (Phi) is 3.90. The molecule has 2 N–H and O–H groups in total. The SMILES string of the molecule is Cc1ccc2c(c1)[C@](NS(=O)C(C)(C)C)(C(F)(F)F)C(=O)N2. The van der Waals surface area contributed by atoms with Crippen molar-refractivity contribution in [3.8, 4) is 0 Å².